The van der Waals surface area contributed by atoms with Crippen LogP contribution in [0.4, 0.5) is 5.69 Å². The minimum absolute atomic E-state index is 0.00883. The number of H-pyrrole nitrogens is 1. The monoisotopic (exact) mass is 804 g/mol. The zero-order valence-corrected chi connectivity index (χ0v) is 35.1. The van der Waals surface area contributed by atoms with Crippen molar-refractivity contribution in [3.63, 3.8) is 0 Å². The fourth-order valence-corrected chi connectivity index (χ4v) is 8.32. The molecular weight excluding hydrogens is 745 g/mol. The normalized spacial score (nSPS) is 15.1. The molecule has 0 aliphatic heterocycles. The van der Waals surface area contributed by atoms with Crippen molar-refractivity contribution in [3.05, 3.63) is 84.7 Å². The maximum atomic E-state index is 14.2. The molecule has 4 aromatic rings. The number of aliphatic hydroxyl groups excluding tert-OH is 1. The fourth-order valence-electron chi connectivity index (χ4n) is 6.91. The molecule has 2 aromatic carbocycles. The molecule has 6 atom stereocenters. The number of aliphatic hydroxyl groups is 1. The van der Waals surface area contributed by atoms with Crippen LogP contribution in [0.3, 0.4) is 0 Å². The average Bonchev–Trinajstić information content (AvgIpc) is 3.69. The molecule has 0 bridgehead atoms. The lowest BCUT2D eigenvalue weighted by atomic mass is 9.85. The van der Waals surface area contributed by atoms with E-state index in [1.54, 1.807) is 36.5 Å². The fraction of sp³-hybridized carbons (Fsp3) is 0.500. The molecule has 2 aromatic heterocycles. The molecule has 0 saturated carbocycles. The van der Waals surface area contributed by atoms with Crippen LogP contribution < -0.4 is 25.6 Å². The minimum Gasteiger partial charge on any atom is -0.391 e. The maximum Gasteiger partial charge on any atom is 0.243 e. The highest BCUT2D eigenvalue weighted by molar-refractivity contribution is 7.89. The molecule has 0 aliphatic rings. The summed E-state index contributed by atoms with van der Waals surface area (Å²) in [4.78, 5) is 54.7. The summed E-state index contributed by atoms with van der Waals surface area (Å²) in [5.74, 6) is -2.43. The Hall–Kier alpha value is -4.86. The second-order valence-corrected chi connectivity index (χ2v) is 17.5. The van der Waals surface area contributed by atoms with Crippen molar-refractivity contribution in [2.75, 3.05) is 19.0 Å². The highest BCUT2D eigenvalue weighted by Crippen LogP contribution is 2.30. The first-order valence-electron chi connectivity index (χ1n) is 19.7. The third-order valence-corrected chi connectivity index (χ3v) is 11.9. The van der Waals surface area contributed by atoms with Crippen LogP contribution in [-0.4, -0.2) is 84.5 Å². The zero-order valence-electron chi connectivity index (χ0n) is 34.3. The minimum atomic E-state index is -4.26. The Bertz CT molecular complexity index is 2020. The molecule has 310 valence electrons. The van der Waals surface area contributed by atoms with Gasteiger partial charge in [0.25, 0.3) is 0 Å². The van der Waals surface area contributed by atoms with Crippen LogP contribution in [0.15, 0.2) is 78.2 Å². The Morgan fingerprint density at radius 2 is 1.60 bits per heavy atom. The second kappa shape index (κ2) is 20.5. The Morgan fingerprint density at radius 1 is 0.877 bits per heavy atom. The van der Waals surface area contributed by atoms with Crippen LogP contribution in [0, 0.1) is 23.7 Å². The highest BCUT2D eigenvalue weighted by Gasteiger charge is 2.36. The number of fused-ring (bicyclic) bond motifs is 1. The van der Waals surface area contributed by atoms with Crippen LogP contribution >= 0.6 is 0 Å². The van der Waals surface area contributed by atoms with Gasteiger partial charge in [0, 0.05) is 61.0 Å². The number of aromatic amines is 1. The molecule has 6 N–H and O–H groups in total. The molecule has 14 nitrogen and oxygen atoms in total. The van der Waals surface area contributed by atoms with Crippen molar-refractivity contribution in [2.45, 2.75) is 103 Å². The van der Waals surface area contributed by atoms with E-state index in [-0.39, 0.29) is 53.8 Å². The van der Waals surface area contributed by atoms with Gasteiger partial charge in [-0.2, -0.15) is 4.72 Å². The lowest BCUT2D eigenvalue weighted by Gasteiger charge is -2.32. The molecule has 57 heavy (non-hydrogen) atoms. The molecule has 15 heteroatoms. The van der Waals surface area contributed by atoms with E-state index in [0.29, 0.717) is 29.6 Å². The molecule has 4 rings (SSSR count). The summed E-state index contributed by atoms with van der Waals surface area (Å²) in [7, 11) is -0.500. The van der Waals surface area contributed by atoms with Crippen molar-refractivity contribution in [1.29, 1.82) is 0 Å². The van der Waals surface area contributed by atoms with Gasteiger partial charge in [-0.1, -0.05) is 78.3 Å². The predicted octanol–water partition coefficient (Wildman–Crippen LogP) is 4.31. The summed E-state index contributed by atoms with van der Waals surface area (Å²) in [6.07, 6.45) is 4.38. The van der Waals surface area contributed by atoms with Gasteiger partial charge >= 0.3 is 0 Å². The van der Waals surface area contributed by atoms with Gasteiger partial charge in [0.05, 0.1) is 35.6 Å². The topological polar surface area (TPSA) is 199 Å². The Morgan fingerprint density at radius 3 is 2.21 bits per heavy atom. The van der Waals surface area contributed by atoms with Crippen molar-refractivity contribution >= 4 is 44.2 Å². The third-order valence-electron chi connectivity index (χ3n) is 10.3. The number of sulfonamides is 1. The summed E-state index contributed by atoms with van der Waals surface area (Å²) < 4.78 is 30.9. The number of rotatable bonds is 21. The van der Waals surface area contributed by atoms with E-state index in [2.05, 4.69) is 35.6 Å². The van der Waals surface area contributed by atoms with E-state index >= 15 is 0 Å². The van der Waals surface area contributed by atoms with Crippen molar-refractivity contribution in [2.24, 2.45) is 23.7 Å². The molecule has 0 unspecified atom stereocenters. The summed E-state index contributed by atoms with van der Waals surface area (Å²) in [6.45, 7) is 11.7. The van der Waals surface area contributed by atoms with E-state index in [0.717, 1.165) is 11.1 Å². The van der Waals surface area contributed by atoms with Crippen LogP contribution in [0.25, 0.3) is 10.8 Å². The first-order valence-corrected chi connectivity index (χ1v) is 21.2. The predicted molar refractivity (Wildman–Crippen MR) is 222 cm³/mol. The smallest absolute Gasteiger partial charge is 0.243 e. The lowest BCUT2D eigenvalue weighted by molar-refractivity contribution is -0.134. The quantitative estimate of drug-likeness (QED) is 0.0711. The summed E-state index contributed by atoms with van der Waals surface area (Å²) in [5.41, 5.74) is 2.06. The largest absolute Gasteiger partial charge is 0.391 e. The standard InChI is InChI=1S/C42H60N8O6S/c1-9-28(6)39(42(54)45-24-29-14-10-11-19-44-29)48-40(52)33(27(4)5)22-37(51)34(20-26(2)3)47-41(53)35(21-30-23-43-25-46-30)49-57(55,56)38-18-13-15-31-32(38)16-12-17-36(31)50(7)8/h10-19,23,25-28,33-35,37,39,49,51H,9,20-22,24H2,1-8H3,(H,43,46)(H,45,54)(H,47,53)(H,48,52)/t28-,33+,34+,35+,37+,39+/m1/s1. The Labute approximate surface area is 337 Å². The average molecular weight is 805 g/mol. The first kappa shape index (κ1) is 44.8. The van der Waals surface area contributed by atoms with E-state index in [1.807, 2.05) is 78.7 Å². The molecule has 0 spiro atoms. The van der Waals surface area contributed by atoms with Crippen molar-refractivity contribution in [3.8, 4) is 0 Å². The van der Waals surface area contributed by atoms with Gasteiger partial charge in [-0.25, -0.2) is 13.4 Å². The van der Waals surface area contributed by atoms with Gasteiger partial charge < -0.3 is 30.9 Å². The van der Waals surface area contributed by atoms with Gasteiger partial charge in [0.15, 0.2) is 0 Å². The number of hydrogen-bond donors (Lipinski definition) is 6. The number of amides is 3. The number of nitrogens with zero attached hydrogens (tertiary/aromatic N) is 3. The van der Waals surface area contributed by atoms with Crippen LogP contribution in [-0.2, 0) is 37.4 Å². The second-order valence-electron chi connectivity index (χ2n) is 15.8. The van der Waals surface area contributed by atoms with E-state index in [9.17, 15) is 27.9 Å². The number of anilines is 1. The van der Waals surface area contributed by atoms with Crippen LogP contribution in [0.1, 0.15) is 72.2 Å². The third kappa shape index (κ3) is 12.3. The van der Waals surface area contributed by atoms with E-state index in [4.69, 9.17) is 0 Å². The zero-order chi connectivity index (χ0) is 41.9. The first-order chi connectivity index (χ1) is 27.0. The summed E-state index contributed by atoms with van der Waals surface area (Å²) in [5, 5.41) is 21.8. The number of pyridine rings is 1. The van der Waals surface area contributed by atoms with Crippen LogP contribution in [0.2, 0.25) is 0 Å². The summed E-state index contributed by atoms with van der Waals surface area (Å²) >= 11 is 0. The lowest BCUT2D eigenvalue weighted by Crippen LogP contribution is -2.55. The van der Waals surface area contributed by atoms with Gasteiger partial charge in [0.1, 0.15) is 12.1 Å². The SMILES string of the molecule is CC[C@@H](C)[C@H](NC(=O)[C@@H](C[C@H](O)[C@H](CC(C)C)NC(=O)[C@H](Cc1cnc[nH]1)NS(=O)(=O)c1cccc2c(N(C)C)cccc12)C(C)C)C(=O)NCc1ccccn1. The highest BCUT2D eigenvalue weighted by atomic mass is 32.2. The number of imidazole rings is 1. The molecule has 0 fully saturated rings. The molecule has 0 saturated heterocycles. The van der Waals surface area contributed by atoms with Gasteiger partial charge in [-0.15, -0.1) is 0 Å². The van der Waals surface area contributed by atoms with Gasteiger partial charge in [0.2, 0.25) is 27.7 Å². The molecular formula is C42H60N8O6S. The maximum absolute atomic E-state index is 14.2. The van der Waals surface area contributed by atoms with E-state index < -0.39 is 46.1 Å². The number of hydrogen-bond acceptors (Lipinski definition) is 9. The van der Waals surface area contributed by atoms with E-state index in [1.165, 1.54) is 18.6 Å². The number of nitrogens with one attached hydrogen (secondary N) is 5. The number of carbonyl (C=O) groups is 3. The summed E-state index contributed by atoms with van der Waals surface area (Å²) in [6, 6.07) is 13.0. The molecule has 3 amide bonds. The van der Waals surface area contributed by atoms with Gasteiger partial charge in [-0.05, 0) is 54.9 Å². The van der Waals surface area contributed by atoms with Crippen molar-refractivity contribution < 1.29 is 27.9 Å². The molecule has 2 heterocycles. The van der Waals surface area contributed by atoms with Crippen LogP contribution in [0.5, 0.6) is 0 Å². The van der Waals surface area contributed by atoms with Crippen molar-refractivity contribution in [1.82, 2.24) is 35.6 Å². The molecule has 0 radical (unpaired) electrons. The molecule has 0 aliphatic carbocycles. The Balaban J connectivity index is 1.55. The van der Waals surface area contributed by atoms with Gasteiger partial charge in [-0.3, -0.25) is 19.4 Å². The number of benzene rings is 2. The Kier molecular flexibility index (Phi) is 16.2. The number of aromatic nitrogens is 3. The number of carbonyl (C=O) groups excluding carboxylic acids is 3.